The van der Waals surface area contributed by atoms with Gasteiger partial charge in [-0.2, -0.15) is 5.10 Å². The van der Waals surface area contributed by atoms with Gasteiger partial charge in [-0.3, -0.25) is 0 Å². The van der Waals surface area contributed by atoms with Gasteiger partial charge in [0.1, 0.15) is 5.75 Å². The summed E-state index contributed by atoms with van der Waals surface area (Å²) in [5.74, 6) is 0.779. The molecule has 0 saturated heterocycles. The zero-order valence-electron chi connectivity index (χ0n) is 10.6. The van der Waals surface area contributed by atoms with Crippen LogP contribution < -0.4 is 4.74 Å². The highest BCUT2D eigenvalue weighted by Gasteiger charge is 2.16. The molecule has 2 aromatic heterocycles. The number of methoxy groups -OCH3 is 1. The van der Waals surface area contributed by atoms with Gasteiger partial charge in [-0.25, -0.2) is 9.50 Å². The van der Waals surface area contributed by atoms with Crippen LogP contribution in [0.4, 0.5) is 0 Å². The minimum absolute atomic E-state index is 0.0674. The lowest BCUT2D eigenvalue weighted by atomic mass is 10.2. The highest BCUT2D eigenvalue weighted by atomic mass is 32.1. The molecule has 3 rings (SSSR count). The van der Waals surface area contributed by atoms with Crippen molar-refractivity contribution in [1.29, 1.82) is 0 Å². The van der Waals surface area contributed by atoms with Gasteiger partial charge in [-0.1, -0.05) is 23.5 Å². The molecule has 2 heterocycles. The largest absolute Gasteiger partial charge is 0.496 e. The summed E-state index contributed by atoms with van der Waals surface area (Å²) < 4.78 is 7.04. The second kappa shape index (κ2) is 4.64. The molecule has 1 N–H and O–H groups in total. The molecular weight excluding hydrogens is 262 g/mol. The Morgan fingerprint density at radius 3 is 2.89 bits per heavy atom. The Morgan fingerprint density at radius 2 is 2.16 bits per heavy atom. The predicted molar refractivity (Wildman–Crippen MR) is 73.5 cm³/mol. The first-order chi connectivity index (χ1) is 9.24. The van der Waals surface area contributed by atoms with Crippen LogP contribution in [0.25, 0.3) is 15.5 Å². The zero-order valence-corrected chi connectivity index (χ0v) is 11.4. The Morgan fingerprint density at radius 1 is 1.37 bits per heavy atom. The van der Waals surface area contributed by atoms with Crippen LogP contribution >= 0.6 is 11.3 Å². The summed E-state index contributed by atoms with van der Waals surface area (Å²) in [5.41, 5.74) is 2.47. The van der Waals surface area contributed by atoms with E-state index >= 15 is 0 Å². The second-order valence-corrected chi connectivity index (χ2v) is 5.06. The number of fused-ring (bicyclic) bond motifs is 1. The van der Waals surface area contributed by atoms with Crippen LogP contribution in [0.5, 0.6) is 5.75 Å². The van der Waals surface area contributed by atoms with Gasteiger partial charge in [0.05, 0.1) is 30.7 Å². The molecule has 0 radical (unpaired) electrons. The van der Waals surface area contributed by atoms with Crippen molar-refractivity contribution in [2.24, 2.45) is 0 Å². The summed E-state index contributed by atoms with van der Waals surface area (Å²) in [6.07, 6.45) is 0. The molecule has 19 heavy (non-hydrogen) atoms. The summed E-state index contributed by atoms with van der Waals surface area (Å²) in [6.45, 7) is 1.80. The van der Waals surface area contributed by atoms with Crippen LogP contribution in [0, 0.1) is 6.92 Å². The van der Waals surface area contributed by atoms with Crippen LogP contribution in [0.1, 0.15) is 11.4 Å². The minimum Gasteiger partial charge on any atom is -0.496 e. The lowest BCUT2D eigenvalue weighted by Crippen LogP contribution is -1.95. The van der Waals surface area contributed by atoms with E-state index in [9.17, 15) is 5.11 Å². The Bertz CT molecular complexity index is 733. The van der Waals surface area contributed by atoms with Gasteiger partial charge in [-0.05, 0) is 19.1 Å². The number of aliphatic hydroxyl groups is 1. The van der Waals surface area contributed by atoms with Crippen LogP contribution in [0.15, 0.2) is 24.3 Å². The van der Waals surface area contributed by atoms with Crippen molar-refractivity contribution < 1.29 is 9.84 Å². The fourth-order valence-corrected chi connectivity index (χ4v) is 3.00. The normalized spacial score (nSPS) is 11.1. The van der Waals surface area contributed by atoms with E-state index in [1.807, 2.05) is 31.2 Å². The molecule has 6 heteroatoms. The average molecular weight is 275 g/mol. The van der Waals surface area contributed by atoms with E-state index in [0.29, 0.717) is 0 Å². The number of benzene rings is 1. The maximum absolute atomic E-state index is 9.37. The molecular formula is C13H13N3O2S. The molecule has 98 valence electrons. The van der Waals surface area contributed by atoms with Crippen LogP contribution in [0.2, 0.25) is 0 Å². The third-order valence-corrected chi connectivity index (χ3v) is 3.93. The average Bonchev–Trinajstić information content (AvgIpc) is 2.95. The third kappa shape index (κ3) is 1.89. The second-order valence-electron chi connectivity index (χ2n) is 4.10. The van der Waals surface area contributed by atoms with Crippen molar-refractivity contribution in [2.75, 3.05) is 7.11 Å². The standard InChI is InChI=1S/C13H13N3O2S/c1-8-10(7-17)16-13(14-8)19-12(15-16)9-5-3-4-6-11(9)18-2/h3-6,17H,7H2,1-2H3. The quantitative estimate of drug-likeness (QED) is 0.796. The van der Waals surface area contributed by atoms with Gasteiger partial charge in [0.15, 0.2) is 5.01 Å². The molecule has 0 fully saturated rings. The van der Waals surface area contributed by atoms with E-state index < -0.39 is 0 Å². The number of aromatic nitrogens is 3. The van der Waals surface area contributed by atoms with Crippen molar-refractivity contribution in [3.8, 4) is 16.3 Å². The number of hydrogen-bond donors (Lipinski definition) is 1. The zero-order chi connectivity index (χ0) is 13.4. The van der Waals surface area contributed by atoms with Crippen LogP contribution in [0.3, 0.4) is 0 Å². The van der Waals surface area contributed by atoms with E-state index in [1.165, 1.54) is 11.3 Å². The van der Waals surface area contributed by atoms with Crippen molar-refractivity contribution in [3.63, 3.8) is 0 Å². The number of ether oxygens (including phenoxy) is 1. The first kappa shape index (κ1) is 12.1. The Hall–Kier alpha value is -1.92. The molecule has 3 aromatic rings. The molecule has 1 aromatic carbocycles. The lowest BCUT2D eigenvalue weighted by molar-refractivity contribution is 0.273. The topological polar surface area (TPSA) is 59.7 Å². The molecule has 0 bridgehead atoms. The van der Waals surface area contributed by atoms with Gasteiger partial charge in [-0.15, -0.1) is 0 Å². The number of aryl methyl sites for hydroxylation is 1. The maximum atomic E-state index is 9.37. The molecule has 0 amide bonds. The lowest BCUT2D eigenvalue weighted by Gasteiger charge is -2.04. The number of para-hydroxylation sites is 1. The minimum atomic E-state index is -0.0674. The van der Waals surface area contributed by atoms with Gasteiger partial charge in [0.25, 0.3) is 0 Å². The third-order valence-electron chi connectivity index (χ3n) is 2.98. The van der Waals surface area contributed by atoms with E-state index in [2.05, 4.69) is 10.1 Å². The number of hydrogen-bond acceptors (Lipinski definition) is 5. The van der Waals surface area contributed by atoms with E-state index in [4.69, 9.17) is 4.74 Å². The molecule has 5 nitrogen and oxygen atoms in total. The maximum Gasteiger partial charge on any atom is 0.213 e. The molecule has 0 aliphatic heterocycles. The fraction of sp³-hybridized carbons (Fsp3) is 0.231. The van der Waals surface area contributed by atoms with Gasteiger partial charge < -0.3 is 9.84 Å². The Labute approximate surface area is 114 Å². The number of imidazole rings is 1. The summed E-state index contributed by atoms with van der Waals surface area (Å²) >= 11 is 1.48. The van der Waals surface area contributed by atoms with Crippen molar-refractivity contribution in [2.45, 2.75) is 13.5 Å². The molecule has 0 saturated carbocycles. The first-order valence-electron chi connectivity index (χ1n) is 5.84. The molecule has 0 spiro atoms. The van der Waals surface area contributed by atoms with Gasteiger partial charge >= 0.3 is 0 Å². The number of nitrogens with zero attached hydrogens (tertiary/aromatic N) is 3. The molecule has 0 unspecified atom stereocenters. The number of rotatable bonds is 3. The summed E-state index contributed by atoms with van der Waals surface area (Å²) in [7, 11) is 1.64. The van der Waals surface area contributed by atoms with Gasteiger partial charge in [0.2, 0.25) is 4.96 Å². The van der Waals surface area contributed by atoms with E-state index in [-0.39, 0.29) is 6.61 Å². The summed E-state index contributed by atoms with van der Waals surface area (Å²) in [4.78, 5) is 5.18. The van der Waals surface area contributed by atoms with E-state index in [0.717, 1.165) is 32.7 Å². The SMILES string of the molecule is COc1ccccc1-c1nn2c(CO)c(C)nc2s1. The van der Waals surface area contributed by atoms with E-state index in [1.54, 1.807) is 11.6 Å². The highest BCUT2D eigenvalue weighted by Crippen LogP contribution is 2.33. The van der Waals surface area contributed by atoms with Crippen LogP contribution in [-0.4, -0.2) is 26.8 Å². The monoisotopic (exact) mass is 275 g/mol. The first-order valence-corrected chi connectivity index (χ1v) is 6.65. The molecule has 0 aliphatic rings. The van der Waals surface area contributed by atoms with Crippen molar-refractivity contribution >= 4 is 16.3 Å². The fourth-order valence-electron chi connectivity index (χ4n) is 2.00. The van der Waals surface area contributed by atoms with Crippen LogP contribution in [-0.2, 0) is 6.61 Å². The van der Waals surface area contributed by atoms with Crippen molar-refractivity contribution in [1.82, 2.24) is 14.6 Å². The predicted octanol–water partition coefficient (Wildman–Crippen LogP) is 2.27. The summed E-state index contributed by atoms with van der Waals surface area (Å²) in [5, 5.41) is 14.7. The summed E-state index contributed by atoms with van der Waals surface area (Å²) in [6, 6.07) is 7.73. The Kier molecular flexibility index (Phi) is 2.96. The highest BCUT2D eigenvalue weighted by molar-refractivity contribution is 7.19. The smallest absolute Gasteiger partial charge is 0.213 e. The Balaban J connectivity index is 2.18. The molecule has 0 atom stereocenters. The molecule has 0 aliphatic carbocycles. The van der Waals surface area contributed by atoms with Gasteiger partial charge in [0, 0.05) is 0 Å². The van der Waals surface area contributed by atoms with Crippen molar-refractivity contribution in [3.05, 3.63) is 35.7 Å². The number of aliphatic hydroxyl groups excluding tert-OH is 1.